The molecule has 0 unspecified atom stereocenters. The minimum absolute atomic E-state index is 0.171. The van der Waals surface area contributed by atoms with Gasteiger partial charge in [0.2, 0.25) is 5.88 Å². The second-order valence-corrected chi connectivity index (χ2v) is 7.56. The number of fused-ring (bicyclic) bond motifs is 1. The van der Waals surface area contributed by atoms with E-state index in [9.17, 15) is 19.5 Å². The van der Waals surface area contributed by atoms with Crippen LogP contribution in [-0.2, 0) is 9.59 Å². The Morgan fingerprint density at radius 3 is 2.36 bits per heavy atom. The summed E-state index contributed by atoms with van der Waals surface area (Å²) >= 11 is 0. The Labute approximate surface area is 189 Å². The van der Waals surface area contributed by atoms with Crippen molar-refractivity contribution in [2.45, 2.75) is 12.8 Å². The van der Waals surface area contributed by atoms with Crippen LogP contribution in [0.2, 0.25) is 0 Å². The molecule has 2 N–H and O–H groups in total. The lowest BCUT2D eigenvalue weighted by Crippen LogP contribution is -2.40. The van der Waals surface area contributed by atoms with E-state index in [2.05, 4.69) is 9.97 Å². The average molecular weight is 449 g/mol. The van der Waals surface area contributed by atoms with Gasteiger partial charge in [0.25, 0.3) is 11.7 Å². The highest BCUT2D eigenvalue weighted by molar-refractivity contribution is 6.45. The minimum Gasteiger partial charge on any atom is -0.494 e. The van der Waals surface area contributed by atoms with Gasteiger partial charge in [0.05, 0.1) is 36.9 Å². The van der Waals surface area contributed by atoms with Crippen LogP contribution in [0, 0.1) is 0 Å². The number of aromatic amines is 1. The molecule has 1 amide bonds. The smallest absolute Gasteiger partial charge is 0.336 e. The number of carboxylic acids is 1. The zero-order chi connectivity index (χ0) is 23.5. The fourth-order valence-electron chi connectivity index (χ4n) is 4.16. The molecular weight excluding hydrogens is 426 g/mol. The second-order valence-electron chi connectivity index (χ2n) is 7.56. The van der Waals surface area contributed by atoms with Gasteiger partial charge in [0.1, 0.15) is 11.3 Å². The van der Waals surface area contributed by atoms with Crippen LogP contribution in [0.25, 0.3) is 16.5 Å². The molecule has 0 bridgehead atoms. The molecule has 2 aromatic heterocycles. The summed E-state index contributed by atoms with van der Waals surface area (Å²) in [4.78, 5) is 46.5. The number of hydrogen-bond donors (Lipinski definition) is 2. The quantitative estimate of drug-likeness (QED) is 0.337. The van der Waals surface area contributed by atoms with Gasteiger partial charge in [-0.1, -0.05) is 35.9 Å². The molecule has 3 aromatic rings. The van der Waals surface area contributed by atoms with E-state index in [0.29, 0.717) is 35.1 Å². The highest BCUT2D eigenvalue weighted by Crippen LogP contribution is 2.34. The molecule has 3 heterocycles. The van der Waals surface area contributed by atoms with Crippen LogP contribution in [-0.4, -0.2) is 64.9 Å². The van der Waals surface area contributed by atoms with Crippen LogP contribution in [0.1, 0.15) is 28.8 Å². The normalized spacial score (nSPS) is 13.6. The van der Waals surface area contributed by atoms with Crippen LogP contribution in [0.4, 0.5) is 0 Å². The number of nitrogens with zero attached hydrogens (tertiary/aromatic N) is 2. The number of Topliss-reactive ketones (excluding diaryl/α,β-unsaturated/α-hetero) is 1. The molecule has 0 radical (unpaired) electrons. The summed E-state index contributed by atoms with van der Waals surface area (Å²) in [5.41, 5.74) is 2.28. The molecule has 1 saturated heterocycles. The van der Waals surface area contributed by atoms with Crippen molar-refractivity contribution in [3.05, 3.63) is 59.4 Å². The molecule has 1 aliphatic rings. The Kier molecular flexibility index (Phi) is 6.12. The van der Waals surface area contributed by atoms with E-state index in [1.165, 1.54) is 31.5 Å². The molecule has 9 heteroatoms. The van der Waals surface area contributed by atoms with Gasteiger partial charge < -0.3 is 24.5 Å². The number of ether oxygens (including phenoxy) is 2. The van der Waals surface area contributed by atoms with Gasteiger partial charge in [-0.3, -0.25) is 9.59 Å². The lowest BCUT2D eigenvalue weighted by atomic mass is 9.93. The number of nitrogens with one attached hydrogen (secondary N) is 1. The number of benzene rings is 1. The van der Waals surface area contributed by atoms with Gasteiger partial charge in [-0.25, -0.2) is 9.78 Å². The molecule has 1 fully saturated rings. The molecule has 170 valence electrons. The summed E-state index contributed by atoms with van der Waals surface area (Å²) < 4.78 is 10.6. The first-order valence-corrected chi connectivity index (χ1v) is 10.4. The summed E-state index contributed by atoms with van der Waals surface area (Å²) in [7, 11) is 2.92. The molecule has 1 aromatic carbocycles. The molecule has 0 saturated carbocycles. The lowest BCUT2D eigenvalue weighted by molar-refractivity contribution is -0.130. The average Bonchev–Trinajstić information content (AvgIpc) is 3.29. The van der Waals surface area contributed by atoms with Crippen LogP contribution < -0.4 is 9.47 Å². The summed E-state index contributed by atoms with van der Waals surface area (Å²) in [6.45, 7) is 0.516. The van der Waals surface area contributed by atoms with Crippen LogP contribution in [0.15, 0.2) is 48.3 Å². The number of hydrogen-bond acceptors (Lipinski definition) is 6. The first kappa shape index (κ1) is 22.1. The Hall–Kier alpha value is -4.14. The van der Waals surface area contributed by atoms with E-state index in [4.69, 9.17) is 9.47 Å². The second kappa shape index (κ2) is 9.15. The van der Waals surface area contributed by atoms with Crippen molar-refractivity contribution in [3.63, 3.8) is 0 Å². The molecule has 0 aliphatic carbocycles. The zero-order valence-electron chi connectivity index (χ0n) is 18.3. The number of piperidine rings is 1. The van der Waals surface area contributed by atoms with Gasteiger partial charge in [0, 0.05) is 19.3 Å². The summed E-state index contributed by atoms with van der Waals surface area (Å²) in [5.74, 6) is -1.69. The Morgan fingerprint density at radius 2 is 1.76 bits per heavy atom. The van der Waals surface area contributed by atoms with E-state index in [1.54, 1.807) is 24.3 Å². The number of aromatic nitrogens is 2. The van der Waals surface area contributed by atoms with E-state index in [0.717, 1.165) is 5.57 Å². The predicted molar refractivity (Wildman–Crippen MR) is 120 cm³/mol. The van der Waals surface area contributed by atoms with Gasteiger partial charge in [-0.2, -0.15) is 0 Å². The Morgan fingerprint density at radius 1 is 1.06 bits per heavy atom. The van der Waals surface area contributed by atoms with E-state index in [1.807, 2.05) is 6.07 Å². The highest BCUT2D eigenvalue weighted by atomic mass is 16.5. The van der Waals surface area contributed by atoms with Crippen LogP contribution in [0.3, 0.4) is 0 Å². The van der Waals surface area contributed by atoms with Crippen molar-refractivity contribution in [3.8, 4) is 11.6 Å². The topological polar surface area (TPSA) is 122 Å². The first-order valence-electron chi connectivity index (χ1n) is 10.4. The number of carbonyl (C=O) groups excluding carboxylic acids is 2. The fourth-order valence-corrected chi connectivity index (χ4v) is 4.16. The largest absolute Gasteiger partial charge is 0.494 e. The third-order valence-electron chi connectivity index (χ3n) is 5.78. The number of carboxylic acid groups (broad SMARTS) is 1. The molecule has 33 heavy (non-hydrogen) atoms. The van der Waals surface area contributed by atoms with Crippen molar-refractivity contribution >= 4 is 34.1 Å². The van der Waals surface area contributed by atoms with Crippen LogP contribution >= 0.6 is 0 Å². The maximum Gasteiger partial charge on any atom is 0.336 e. The first-order chi connectivity index (χ1) is 16.0. The minimum atomic E-state index is -1.000. The Bertz CT molecular complexity index is 1250. The van der Waals surface area contributed by atoms with Crippen molar-refractivity contribution in [1.82, 2.24) is 14.9 Å². The number of rotatable bonds is 6. The number of likely N-dealkylation sites (tertiary alicyclic amines) is 1. The molecule has 0 spiro atoms. The number of amides is 1. The number of aliphatic carboxylic acids is 1. The number of ketones is 1. The lowest BCUT2D eigenvalue weighted by Gasteiger charge is -2.29. The number of carbonyl (C=O) groups is 3. The summed E-state index contributed by atoms with van der Waals surface area (Å²) in [5, 5.41) is 10.2. The van der Waals surface area contributed by atoms with Crippen molar-refractivity contribution < 1.29 is 29.0 Å². The third kappa shape index (κ3) is 4.05. The summed E-state index contributed by atoms with van der Waals surface area (Å²) in [6, 6.07) is 8.91. The van der Waals surface area contributed by atoms with Crippen molar-refractivity contribution in [1.29, 1.82) is 0 Å². The van der Waals surface area contributed by atoms with E-state index in [-0.39, 0.29) is 30.1 Å². The number of H-pyrrole nitrogens is 1. The third-order valence-corrected chi connectivity index (χ3v) is 5.78. The Balaban J connectivity index is 1.57. The molecular formula is C24H23N3O6. The van der Waals surface area contributed by atoms with Gasteiger partial charge in [-0.05, 0) is 18.4 Å². The number of methoxy groups -OCH3 is 2. The van der Waals surface area contributed by atoms with Gasteiger partial charge in [0.15, 0.2) is 0 Å². The molecule has 4 rings (SSSR count). The highest BCUT2D eigenvalue weighted by Gasteiger charge is 2.30. The molecule has 0 atom stereocenters. The SMILES string of the molecule is COc1ncc(OC)c2c(C(=O)C(=O)N3CCC(=C(C(=O)O)c4ccccc4)CC3)c[nH]c12. The monoisotopic (exact) mass is 449 g/mol. The zero-order valence-corrected chi connectivity index (χ0v) is 18.3. The van der Waals surface area contributed by atoms with Crippen LogP contribution in [0.5, 0.6) is 11.6 Å². The van der Waals surface area contributed by atoms with Crippen molar-refractivity contribution in [2.24, 2.45) is 0 Å². The van der Waals surface area contributed by atoms with Crippen molar-refractivity contribution in [2.75, 3.05) is 27.3 Å². The van der Waals surface area contributed by atoms with E-state index >= 15 is 0 Å². The maximum atomic E-state index is 13.1. The summed E-state index contributed by atoms with van der Waals surface area (Å²) in [6.07, 6.45) is 3.64. The molecule has 9 nitrogen and oxygen atoms in total. The maximum absolute atomic E-state index is 13.1. The predicted octanol–water partition coefficient (Wildman–Crippen LogP) is 2.92. The number of pyridine rings is 1. The standard InChI is InChI=1S/C24H23N3O6/c1-32-17-13-26-22(33-2)20-19(17)16(12-25-20)21(28)23(29)27-10-8-15(9-11-27)18(24(30)31)14-6-4-3-5-7-14/h3-7,12-13,25H,8-11H2,1-2H3,(H,30,31). The molecule has 1 aliphatic heterocycles. The van der Waals surface area contributed by atoms with E-state index < -0.39 is 17.7 Å². The van der Waals surface area contributed by atoms with Gasteiger partial charge >= 0.3 is 5.97 Å². The fraction of sp³-hybridized carbons (Fsp3) is 0.250. The van der Waals surface area contributed by atoms with Gasteiger partial charge in [-0.15, -0.1) is 0 Å².